The third-order valence-electron chi connectivity index (χ3n) is 3.09. The van der Waals surface area contributed by atoms with Gasteiger partial charge in [-0.1, -0.05) is 6.07 Å². The number of benzene rings is 2. The van der Waals surface area contributed by atoms with Crippen molar-refractivity contribution < 1.29 is 28.0 Å². The highest BCUT2D eigenvalue weighted by Gasteiger charge is 2.13. The Hall–Kier alpha value is -3.62. The predicted molar refractivity (Wildman–Crippen MR) is 88.1 cm³/mol. The summed E-state index contributed by atoms with van der Waals surface area (Å²) in [4.78, 5) is 33.1. The Bertz CT molecular complexity index is 846. The Balaban J connectivity index is 1.86. The second-order valence-electron chi connectivity index (χ2n) is 4.93. The van der Waals surface area contributed by atoms with Crippen LogP contribution in [0.2, 0.25) is 0 Å². The van der Waals surface area contributed by atoms with Gasteiger partial charge in [0.25, 0.3) is 11.6 Å². The molecule has 2 aromatic rings. The van der Waals surface area contributed by atoms with Crippen molar-refractivity contribution in [3.05, 3.63) is 75.9 Å². The summed E-state index contributed by atoms with van der Waals surface area (Å²) < 4.78 is 31.4. The fourth-order valence-electron chi connectivity index (χ4n) is 1.85. The van der Waals surface area contributed by atoms with Gasteiger partial charge in [0.1, 0.15) is 17.3 Å². The number of nitrogens with zero attached hydrogens (tertiary/aromatic N) is 1. The molecule has 7 nitrogen and oxygen atoms in total. The molecule has 0 saturated carbocycles. The first-order valence-electron chi connectivity index (χ1n) is 7.20. The second kappa shape index (κ2) is 8.47. The Kier molecular flexibility index (Phi) is 6.10. The summed E-state index contributed by atoms with van der Waals surface area (Å²) >= 11 is 0. The minimum absolute atomic E-state index is 0.0956. The first-order chi connectivity index (χ1) is 12.4. The van der Waals surface area contributed by atoms with E-state index in [9.17, 15) is 28.5 Å². The van der Waals surface area contributed by atoms with Gasteiger partial charge in [0.2, 0.25) is 0 Å². The number of nitro benzene ring substituents is 1. The molecule has 1 amide bonds. The first-order valence-corrected chi connectivity index (χ1v) is 7.20. The van der Waals surface area contributed by atoms with Crippen LogP contribution < -0.4 is 5.32 Å². The molecule has 2 aromatic carbocycles. The number of hydrogen-bond donors (Lipinski definition) is 1. The minimum atomic E-state index is -0.956. The quantitative estimate of drug-likeness (QED) is 0.369. The van der Waals surface area contributed by atoms with Gasteiger partial charge >= 0.3 is 5.97 Å². The number of amides is 1. The summed E-state index contributed by atoms with van der Waals surface area (Å²) in [7, 11) is 0. The summed E-state index contributed by atoms with van der Waals surface area (Å²) in [5.41, 5.74) is -0.220. The molecular formula is C17H12F2N2O5. The van der Waals surface area contributed by atoms with E-state index in [0.717, 1.165) is 24.3 Å². The molecular weight excluding hydrogens is 350 g/mol. The molecule has 0 atom stereocenters. The van der Waals surface area contributed by atoms with Crippen LogP contribution in [0.5, 0.6) is 0 Å². The van der Waals surface area contributed by atoms with Crippen LogP contribution in [0.25, 0.3) is 6.08 Å². The average molecular weight is 362 g/mol. The largest absolute Gasteiger partial charge is 0.452 e. The maximum Gasteiger partial charge on any atom is 0.331 e. The lowest BCUT2D eigenvalue weighted by Crippen LogP contribution is -2.21. The van der Waals surface area contributed by atoms with Gasteiger partial charge in [-0.15, -0.1) is 0 Å². The molecule has 0 aromatic heterocycles. The van der Waals surface area contributed by atoms with Crippen molar-refractivity contribution >= 4 is 29.3 Å². The van der Waals surface area contributed by atoms with Crippen LogP contribution in [0.15, 0.2) is 48.5 Å². The highest BCUT2D eigenvalue weighted by Crippen LogP contribution is 2.17. The van der Waals surface area contributed by atoms with E-state index >= 15 is 0 Å². The van der Waals surface area contributed by atoms with Crippen molar-refractivity contribution in [1.82, 2.24) is 0 Å². The molecule has 0 aliphatic rings. The number of esters is 1. The van der Waals surface area contributed by atoms with E-state index in [1.165, 1.54) is 30.3 Å². The lowest BCUT2D eigenvalue weighted by molar-refractivity contribution is -0.384. The number of carbonyl (C=O) groups is 2. The summed E-state index contributed by atoms with van der Waals surface area (Å²) in [6.45, 7) is -0.739. The van der Waals surface area contributed by atoms with Gasteiger partial charge in [0, 0.05) is 18.2 Å². The molecule has 9 heteroatoms. The lowest BCUT2D eigenvalue weighted by atomic mass is 10.2. The van der Waals surface area contributed by atoms with Crippen LogP contribution >= 0.6 is 0 Å². The van der Waals surface area contributed by atoms with E-state index in [2.05, 4.69) is 4.74 Å². The van der Waals surface area contributed by atoms with Crippen LogP contribution in [0.3, 0.4) is 0 Å². The molecule has 0 heterocycles. The smallest absolute Gasteiger partial charge is 0.331 e. The Morgan fingerprint density at radius 3 is 2.31 bits per heavy atom. The molecule has 0 spiro atoms. The van der Waals surface area contributed by atoms with Gasteiger partial charge in [0.15, 0.2) is 6.61 Å². The van der Waals surface area contributed by atoms with Gasteiger partial charge in [-0.3, -0.25) is 14.9 Å². The van der Waals surface area contributed by atoms with Gasteiger partial charge in [-0.2, -0.15) is 0 Å². The van der Waals surface area contributed by atoms with E-state index in [0.29, 0.717) is 5.56 Å². The van der Waals surface area contributed by atoms with E-state index < -0.39 is 40.7 Å². The van der Waals surface area contributed by atoms with Crippen molar-refractivity contribution in [2.24, 2.45) is 0 Å². The maximum atomic E-state index is 13.4. The number of non-ortho nitro benzene ring substituents is 1. The van der Waals surface area contributed by atoms with Crippen molar-refractivity contribution in [2.45, 2.75) is 0 Å². The minimum Gasteiger partial charge on any atom is -0.452 e. The van der Waals surface area contributed by atoms with Gasteiger partial charge < -0.3 is 10.1 Å². The van der Waals surface area contributed by atoms with Crippen LogP contribution in [0.1, 0.15) is 5.56 Å². The third-order valence-corrected chi connectivity index (χ3v) is 3.09. The molecule has 134 valence electrons. The number of rotatable bonds is 6. The van der Waals surface area contributed by atoms with Gasteiger partial charge in [-0.25, -0.2) is 13.6 Å². The third kappa shape index (κ3) is 5.20. The SMILES string of the molecule is O=C(COC(=O)C=Cc1ccc([N+](=O)[O-])cc1)Nc1c(F)cccc1F. The van der Waals surface area contributed by atoms with Gasteiger partial charge in [0.05, 0.1) is 4.92 Å². The first kappa shape index (κ1) is 18.7. The molecule has 0 bridgehead atoms. The van der Waals surface area contributed by atoms with E-state index in [-0.39, 0.29) is 5.69 Å². The number of nitrogens with one attached hydrogen (secondary N) is 1. The van der Waals surface area contributed by atoms with Crippen molar-refractivity contribution in [3.63, 3.8) is 0 Å². The van der Waals surface area contributed by atoms with Crippen molar-refractivity contribution in [1.29, 1.82) is 0 Å². The Morgan fingerprint density at radius 1 is 1.12 bits per heavy atom. The second-order valence-corrected chi connectivity index (χ2v) is 4.93. The number of halogens is 2. The zero-order chi connectivity index (χ0) is 19.1. The Labute approximate surface area is 146 Å². The summed E-state index contributed by atoms with van der Waals surface area (Å²) in [6.07, 6.45) is 2.35. The van der Waals surface area contributed by atoms with E-state index in [1.54, 1.807) is 0 Å². The van der Waals surface area contributed by atoms with E-state index in [4.69, 9.17) is 0 Å². The zero-order valence-corrected chi connectivity index (χ0v) is 13.1. The fourth-order valence-corrected chi connectivity index (χ4v) is 1.85. The lowest BCUT2D eigenvalue weighted by Gasteiger charge is -2.07. The molecule has 0 aliphatic heterocycles. The molecule has 0 unspecified atom stereocenters. The zero-order valence-electron chi connectivity index (χ0n) is 13.1. The highest BCUT2D eigenvalue weighted by molar-refractivity contribution is 5.94. The molecule has 0 fully saturated rings. The van der Waals surface area contributed by atoms with Crippen LogP contribution in [-0.4, -0.2) is 23.4 Å². The molecule has 2 rings (SSSR count). The Morgan fingerprint density at radius 2 is 1.73 bits per heavy atom. The number of para-hydroxylation sites is 1. The monoisotopic (exact) mass is 362 g/mol. The highest BCUT2D eigenvalue weighted by atomic mass is 19.1. The summed E-state index contributed by atoms with van der Waals surface area (Å²) in [6, 6.07) is 8.46. The van der Waals surface area contributed by atoms with Crippen molar-refractivity contribution in [2.75, 3.05) is 11.9 Å². The van der Waals surface area contributed by atoms with E-state index in [1.807, 2.05) is 5.32 Å². The summed E-state index contributed by atoms with van der Waals surface area (Å²) in [5.74, 6) is -3.69. The molecule has 1 N–H and O–H groups in total. The number of hydrogen-bond acceptors (Lipinski definition) is 5. The molecule has 0 radical (unpaired) electrons. The summed E-state index contributed by atoms with van der Waals surface area (Å²) in [5, 5.41) is 12.5. The number of carbonyl (C=O) groups excluding carboxylic acids is 2. The topological polar surface area (TPSA) is 98.5 Å². The number of anilines is 1. The van der Waals surface area contributed by atoms with Crippen LogP contribution in [0, 0.1) is 21.7 Å². The number of ether oxygens (including phenoxy) is 1. The number of nitro groups is 1. The van der Waals surface area contributed by atoms with Crippen LogP contribution in [-0.2, 0) is 14.3 Å². The molecule has 0 aliphatic carbocycles. The van der Waals surface area contributed by atoms with Gasteiger partial charge in [-0.05, 0) is 35.9 Å². The fraction of sp³-hybridized carbons (Fsp3) is 0.0588. The molecule has 26 heavy (non-hydrogen) atoms. The standard InChI is InChI=1S/C17H12F2N2O5/c18-13-2-1-3-14(19)17(13)20-15(22)10-26-16(23)9-6-11-4-7-12(8-5-11)21(24)25/h1-9H,10H2,(H,20,22). The predicted octanol–water partition coefficient (Wildman–Crippen LogP) is 3.07. The van der Waals surface area contributed by atoms with Crippen LogP contribution in [0.4, 0.5) is 20.2 Å². The van der Waals surface area contributed by atoms with Crippen molar-refractivity contribution in [3.8, 4) is 0 Å². The molecule has 0 saturated heterocycles. The normalized spacial score (nSPS) is 10.5. The maximum absolute atomic E-state index is 13.4. The average Bonchev–Trinajstić information content (AvgIpc) is 2.61.